The summed E-state index contributed by atoms with van der Waals surface area (Å²) >= 11 is 1.95. The number of hydrogen-bond donors (Lipinski definition) is 2. The van der Waals surface area contributed by atoms with Gasteiger partial charge in [-0.1, -0.05) is 13.3 Å². The van der Waals surface area contributed by atoms with Crippen LogP contribution in [0, 0.1) is 13.8 Å². The molecule has 1 heterocycles. The lowest BCUT2D eigenvalue weighted by Crippen LogP contribution is -2.41. The molecule has 0 saturated heterocycles. The van der Waals surface area contributed by atoms with Crippen LogP contribution in [0.25, 0.3) is 0 Å². The number of thioether (sulfide) groups is 1. The highest BCUT2D eigenvalue weighted by Gasteiger charge is 2.28. The maximum Gasteiger partial charge on any atom is 0.319 e. The molecular formula is C16H28N4OS. The molecule has 1 fully saturated rings. The monoisotopic (exact) mass is 324 g/mol. The van der Waals surface area contributed by atoms with Gasteiger partial charge in [-0.05, 0) is 46.3 Å². The summed E-state index contributed by atoms with van der Waals surface area (Å²) in [4.78, 5) is 12.3. The number of amides is 2. The van der Waals surface area contributed by atoms with E-state index >= 15 is 0 Å². The Balaban J connectivity index is 2.00. The molecule has 1 aromatic heterocycles. The molecule has 1 aliphatic carbocycles. The molecule has 1 aromatic rings. The van der Waals surface area contributed by atoms with E-state index in [2.05, 4.69) is 36.5 Å². The number of urea groups is 1. The lowest BCUT2D eigenvalue weighted by Gasteiger charge is -2.20. The van der Waals surface area contributed by atoms with E-state index in [1.54, 1.807) is 0 Å². The van der Waals surface area contributed by atoms with Crippen molar-refractivity contribution in [2.24, 2.45) is 0 Å². The smallest absolute Gasteiger partial charge is 0.319 e. The van der Waals surface area contributed by atoms with Crippen LogP contribution in [0.5, 0.6) is 0 Å². The average Bonchev–Trinajstić information content (AvgIpc) is 2.99. The van der Waals surface area contributed by atoms with Crippen LogP contribution in [0.4, 0.5) is 10.5 Å². The second-order valence-electron chi connectivity index (χ2n) is 6.21. The molecule has 2 rings (SSSR count). The Morgan fingerprint density at radius 3 is 2.73 bits per heavy atom. The van der Waals surface area contributed by atoms with Gasteiger partial charge in [-0.15, -0.1) is 0 Å². The number of nitrogens with one attached hydrogen (secondary N) is 2. The molecular weight excluding hydrogens is 296 g/mol. The van der Waals surface area contributed by atoms with Crippen molar-refractivity contribution in [3.8, 4) is 0 Å². The van der Waals surface area contributed by atoms with Gasteiger partial charge in [0.25, 0.3) is 0 Å². The number of hydrogen-bond acceptors (Lipinski definition) is 3. The van der Waals surface area contributed by atoms with Gasteiger partial charge in [0.1, 0.15) is 0 Å². The number of aromatic nitrogens is 2. The molecule has 0 bridgehead atoms. The Labute approximate surface area is 137 Å². The minimum Gasteiger partial charge on any atom is -0.334 e. The lowest BCUT2D eigenvalue weighted by atomic mass is 10.2. The first kappa shape index (κ1) is 17.2. The van der Waals surface area contributed by atoms with Crippen molar-refractivity contribution in [2.45, 2.75) is 71.2 Å². The van der Waals surface area contributed by atoms with Crippen LogP contribution in [0.3, 0.4) is 0 Å². The zero-order valence-corrected chi connectivity index (χ0v) is 15.1. The summed E-state index contributed by atoms with van der Waals surface area (Å²) in [5.41, 5.74) is 2.71. The quantitative estimate of drug-likeness (QED) is 0.864. The van der Waals surface area contributed by atoms with E-state index in [1.807, 2.05) is 30.3 Å². The topological polar surface area (TPSA) is 59.0 Å². The molecule has 2 amide bonds. The first-order valence-electron chi connectivity index (χ1n) is 8.18. The second-order valence-corrected chi connectivity index (χ2v) is 7.73. The van der Waals surface area contributed by atoms with E-state index in [-0.39, 0.29) is 18.1 Å². The summed E-state index contributed by atoms with van der Waals surface area (Å²) in [7, 11) is 0. The Kier molecular flexibility index (Phi) is 5.78. The van der Waals surface area contributed by atoms with Gasteiger partial charge < -0.3 is 10.6 Å². The Morgan fingerprint density at radius 1 is 1.41 bits per heavy atom. The average molecular weight is 324 g/mol. The van der Waals surface area contributed by atoms with Crippen LogP contribution in [-0.2, 0) is 0 Å². The van der Waals surface area contributed by atoms with Gasteiger partial charge in [0.15, 0.2) is 0 Å². The zero-order chi connectivity index (χ0) is 16.3. The molecule has 2 unspecified atom stereocenters. The number of anilines is 1. The van der Waals surface area contributed by atoms with E-state index < -0.39 is 0 Å². The maximum absolute atomic E-state index is 12.3. The lowest BCUT2D eigenvalue weighted by molar-refractivity contribution is 0.249. The number of nitrogens with zero attached hydrogens (tertiary/aromatic N) is 2. The van der Waals surface area contributed by atoms with Crippen molar-refractivity contribution in [1.82, 2.24) is 15.1 Å². The summed E-state index contributed by atoms with van der Waals surface area (Å²) in [5.74, 6) is 1.10. The molecule has 1 saturated carbocycles. The maximum atomic E-state index is 12.3. The SMILES string of the molecule is CCSC1CCCC1NC(=O)Nc1c(C)nn(C(C)C)c1C. The summed E-state index contributed by atoms with van der Waals surface area (Å²) in [6, 6.07) is 0.464. The molecule has 2 N–H and O–H groups in total. The molecule has 0 aliphatic heterocycles. The van der Waals surface area contributed by atoms with Crippen LogP contribution < -0.4 is 10.6 Å². The molecule has 124 valence electrons. The Bertz CT molecular complexity index is 526. The van der Waals surface area contributed by atoms with Crippen molar-refractivity contribution < 1.29 is 4.79 Å². The van der Waals surface area contributed by atoms with Crippen molar-refractivity contribution in [3.05, 3.63) is 11.4 Å². The largest absolute Gasteiger partial charge is 0.334 e. The van der Waals surface area contributed by atoms with E-state index in [9.17, 15) is 4.79 Å². The Morgan fingerprint density at radius 2 is 2.14 bits per heavy atom. The van der Waals surface area contributed by atoms with E-state index in [0.29, 0.717) is 5.25 Å². The summed E-state index contributed by atoms with van der Waals surface area (Å²) in [5, 5.41) is 11.2. The summed E-state index contributed by atoms with van der Waals surface area (Å²) in [6.07, 6.45) is 3.48. The van der Waals surface area contributed by atoms with Crippen molar-refractivity contribution in [1.29, 1.82) is 0 Å². The molecule has 6 heteroatoms. The van der Waals surface area contributed by atoms with Crippen molar-refractivity contribution >= 4 is 23.5 Å². The third-order valence-electron chi connectivity index (χ3n) is 4.20. The fraction of sp³-hybridized carbons (Fsp3) is 0.750. The van der Waals surface area contributed by atoms with Gasteiger partial charge in [0.05, 0.1) is 17.1 Å². The highest BCUT2D eigenvalue weighted by molar-refractivity contribution is 7.99. The van der Waals surface area contributed by atoms with Crippen LogP contribution in [0.2, 0.25) is 0 Å². The van der Waals surface area contributed by atoms with Gasteiger partial charge in [-0.2, -0.15) is 16.9 Å². The molecule has 0 spiro atoms. The molecule has 1 aliphatic rings. The normalized spacial score (nSPS) is 21.4. The predicted octanol–water partition coefficient (Wildman–Crippen LogP) is 3.88. The second kappa shape index (κ2) is 7.40. The summed E-state index contributed by atoms with van der Waals surface area (Å²) < 4.78 is 1.95. The van der Waals surface area contributed by atoms with Gasteiger partial charge in [-0.25, -0.2) is 4.79 Å². The first-order chi connectivity index (χ1) is 10.4. The van der Waals surface area contributed by atoms with Gasteiger partial charge in [0.2, 0.25) is 0 Å². The molecule has 0 aromatic carbocycles. The highest BCUT2D eigenvalue weighted by atomic mass is 32.2. The van der Waals surface area contributed by atoms with Gasteiger partial charge in [-0.3, -0.25) is 4.68 Å². The standard InChI is InChI=1S/C16H28N4OS/c1-6-22-14-9-7-8-13(14)17-16(21)18-15-11(4)19-20(10(2)3)12(15)5/h10,13-14H,6-9H2,1-5H3,(H2,17,18,21). The highest BCUT2D eigenvalue weighted by Crippen LogP contribution is 2.30. The van der Waals surface area contributed by atoms with E-state index in [4.69, 9.17) is 0 Å². The molecule has 2 atom stereocenters. The van der Waals surface area contributed by atoms with Crippen LogP contribution >= 0.6 is 11.8 Å². The number of rotatable bonds is 5. The molecule has 22 heavy (non-hydrogen) atoms. The van der Waals surface area contributed by atoms with Gasteiger partial charge >= 0.3 is 6.03 Å². The fourth-order valence-corrected chi connectivity index (χ4v) is 4.37. The number of carbonyl (C=O) groups excluding carboxylic acids is 1. The van der Waals surface area contributed by atoms with Crippen molar-refractivity contribution in [2.75, 3.05) is 11.1 Å². The third kappa shape index (κ3) is 3.77. The van der Waals surface area contributed by atoms with E-state index in [1.165, 1.54) is 12.8 Å². The van der Waals surface area contributed by atoms with E-state index in [0.717, 1.165) is 29.2 Å². The first-order valence-corrected chi connectivity index (χ1v) is 9.23. The minimum absolute atomic E-state index is 0.108. The van der Waals surface area contributed by atoms with Crippen LogP contribution in [0.1, 0.15) is 57.5 Å². The predicted molar refractivity (Wildman–Crippen MR) is 93.8 cm³/mol. The third-order valence-corrected chi connectivity index (χ3v) is 5.53. The zero-order valence-electron chi connectivity index (χ0n) is 14.3. The number of carbonyl (C=O) groups is 1. The van der Waals surface area contributed by atoms with Crippen LogP contribution in [0.15, 0.2) is 0 Å². The minimum atomic E-state index is -0.108. The van der Waals surface area contributed by atoms with Gasteiger partial charge in [0, 0.05) is 17.3 Å². The molecule has 0 radical (unpaired) electrons. The number of aryl methyl sites for hydroxylation is 1. The van der Waals surface area contributed by atoms with Crippen molar-refractivity contribution in [3.63, 3.8) is 0 Å². The fourth-order valence-electron chi connectivity index (χ4n) is 3.17. The Hall–Kier alpha value is -1.17. The summed E-state index contributed by atoms with van der Waals surface area (Å²) in [6.45, 7) is 10.3. The molecule has 5 nitrogen and oxygen atoms in total. The van der Waals surface area contributed by atoms with Crippen LogP contribution in [-0.4, -0.2) is 32.9 Å².